The van der Waals surface area contributed by atoms with Crippen LogP contribution in [0.1, 0.15) is 30.1 Å². The number of carboxylic acid groups (broad SMARTS) is 1. The molecule has 0 heterocycles. The third-order valence-corrected chi connectivity index (χ3v) is 2.50. The summed E-state index contributed by atoms with van der Waals surface area (Å²) < 4.78 is 0. The van der Waals surface area contributed by atoms with Gasteiger partial charge in [-0.3, -0.25) is 14.9 Å². The first-order valence-corrected chi connectivity index (χ1v) is 5.73. The highest BCUT2D eigenvalue weighted by molar-refractivity contribution is 5.97. The van der Waals surface area contributed by atoms with E-state index in [-0.39, 0.29) is 11.3 Å². The van der Waals surface area contributed by atoms with E-state index in [0.717, 1.165) is 6.07 Å². The lowest BCUT2D eigenvalue weighted by atomic mass is 10.1. The number of benzene rings is 1. The van der Waals surface area contributed by atoms with E-state index in [1.54, 1.807) is 6.92 Å². The van der Waals surface area contributed by atoms with Crippen molar-refractivity contribution >= 4 is 17.6 Å². The van der Waals surface area contributed by atoms with Gasteiger partial charge in [-0.05, 0) is 12.5 Å². The fourth-order valence-corrected chi connectivity index (χ4v) is 1.55. The number of rotatable bonds is 6. The van der Waals surface area contributed by atoms with Crippen molar-refractivity contribution in [1.82, 2.24) is 5.32 Å². The van der Waals surface area contributed by atoms with Gasteiger partial charge >= 0.3 is 5.97 Å². The van der Waals surface area contributed by atoms with Gasteiger partial charge in [0.05, 0.1) is 4.92 Å². The summed E-state index contributed by atoms with van der Waals surface area (Å²) in [5.41, 5.74) is -0.147. The van der Waals surface area contributed by atoms with Crippen molar-refractivity contribution in [3.8, 4) is 0 Å². The maximum absolute atomic E-state index is 11.8. The number of hydrogen-bond acceptors (Lipinski definition) is 4. The molecule has 1 atom stereocenters. The number of carboxylic acids is 1. The summed E-state index contributed by atoms with van der Waals surface area (Å²) in [6.45, 7) is 1.80. The molecule has 0 saturated heterocycles. The molecule has 1 aromatic carbocycles. The molecular formula is C12H14N2O5. The molecule has 0 aliphatic carbocycles. The lowest BCUT2D eigenvalue weighted by Gasteiger charge is -2.13. The van der Waals surface area contributed by atoms with Crippen molar-refractivity contribution in [2.24, 2.45) is 0 Å². The van der Waals surface area contributed by atoms with Gasteiger partial charge in [0.2, 0.25) is 0 Å². The van der Waals surface area contributed by atoms with Crippen LogP contribution in [-0.4, -0.2) is 27.9 Å². The second-order valence-electron chi connectivity index (χ2n) is 3.96. The minimum atomic E-state index is -1.12. The molecule has 1 amide bonds. The summed E-state index contributed by atoms with van der Waals surface area (Å²) in [5.74, 6) is -1.76. The average molecular weight is 266 g/mol. The molecule has 19 heavy (non-hydrogen) atoms. The summed E-state index contributed by atoms with van der Waals surface area (Å²) >= 11 is 0. The van der Waals surface area contributed by atoms with Crippen LogP contribution in [0.15, 0.2) is 24.3 Å². The van der Waals surface area contributed by atoms with Gasteiger partial charge in [0.15, 0.2) is 0 Å². The van der Waals surface area contributed by atoms with E-state index in [1.165, 1.54) is 18.2 Å². The second kappa shape index (κ2) is 6.48. The van der Waals surface area contributed by atoms with Crippen molar-refractivity contribution < 1.29 is 19.6 Å². The number of hydrogen-bond donors (Lipinski definition) is 2. The molecule has 102 valence electrons. The van der Waals surface area contributed by atoms with Crippen LogP contribution in [0.2, 0.25) is 0 Å². The predicted octanol–water partition coefficient (Wildman–Crippen LogP) is 1.58. The first-order valence-electron chi connectivity index (χ1n) is 5.73. The molecule has 0 saturated carbocycles. The van der Waals surface area contributed by atoms with E-state index in [0.29, 0.717) is 12.8 Å². The number of nitro groups is 1. The zero-order valence-electron chi connectivity index (χ0n) is 10.3. The lowest BCUT2D eigenvalue weighted by molar-refractivity contribution is -0.384. The molecule has 0 bridgehead atoms. The quantitative estimate of drug-likeness (QED) is 0.600. The third kappa shape index (κ3) is 4.06. The van der Waals surface area contributed by atoms with Gasteiger partial charge < -0.3 is 10.4 Å². The van der Waals surface area contributed by atoms with Crippen molar-refractivity contribution in [3.63, 3.8) is 0 Å². The van der Waals surface area contributed by atoms with Gasteiger partial charge in [-0.1, -0.05) is 19.4 Å². The first kappa shape index (κ1) is 14.6. The van der Waals surface area contributed by atoms with Crippen LogP contribution < -0.4 is 5.32 Å². The molecular weight excluding hydrogens is 252 g/mol. The third-order valence-electron chi connectivity index (χ3n) is 2.50. The minimum Gasteiger partial charge on any atom is -0.480 e. The van der Waals surface area contributed by atoms with E-state index in [2.05, 4.69) is 5.32 Å². The summed E-state index contributed by atoms with van der Waals surface area (Å²) in [5, 5.41) is 21.8. The van der Waals surface area contributed by atoms with Gasteiger partial charge in [-0.15, -0.1) is 0 Å². The van der Waals surface area contributed by atoms with Crippen LogP contribution in [0.4, 0.5) is 5.69 Å². The van der Waals surface area contributed by atoms with Crippen molar-refractivity contribution in [2.45, 2.75) is 25.8 Å². The Morgan fingerprint density at radius 3 is 2.68 bits per heavy atom. The monoisotopic (exact) mass is 266 g/mol. The van der Waals surface area contributed by atoms with Gasteiger partial charge in [0, 0.05) is 17.7 Å². The van der Waals surface area contributed by atoms with Gasteiger partial charge in [-0.2, -0.15) is 0 Å². The van der Waals surface area contributed by atoms with E-state index in [1.807, 2.05) is 0 Å². The number of non-ortho nitro benzene ring substituents is 1. The molecule has 0 radical (unpaired) electrons. The van der Waals surface area contributed by atoms with E-state index < -0.39 is 22.8 Å². The van der Waals surface area contributed by atoms with Crippen molar-refractivity contribution in [1.29, 1.82) is 0 Å². The summed E-state index contributed by atoms with van der Waals surface area (Å²) in [7, 11) is 0. The van der Waals surface area contributed by atoms with Crippen LogP contribution >= 0.6 is 0 Å². The van der Waals surface area contributed by atoms with Gasteiger partial charge in [-0.25, -0.2) is 4.79 Å². The molecule has 7 nitrogen and oxygen atoms in total. The van der Waals surface area contributed by atoms with Crippen LogP contribution in [0.3, 0.4) is 0 Å². The Balaban J connectivity index is 2.85. The summed E-state index contributed by atoms with van der Waals surface area (Å²) in [6.07, 6.45) is 0.905. The normalized spacial score (nSPS) is 11.6. The maximum atomic E-state index is 11.8. The first-order chi connectivity index (χ1) is 8.95. The van der Waals surface area contributed by atoms with Crippen molar-refractivity contribution in [3.05, 3.63) is 39.9 Å². The van der Waals surface area contributed by atoms with Gasteiger partial charge in [0.1, 0.15) is 6.04 Å². The van der Waals surface area contributed by atoms with Crippen LogP contribution in [0.25, 0.3) is 0 Å². The Morgan fingerprint density at radius 1 is 1.47 bits per heavy atom. The maximum Gasteiger partial charge on any atom is 0.326 e. The lowest BCUT2D eigenvalue weighted by Crippen LogP contribution is -2.40. The number of aliphatic carboxylic acids is 1. The largest absolute Gasteiger partial charge is 0.480 e. The zero-order chi connectivity index (χ0) is 14.4. The summed E-state index contributed by atoms with van der Waals surface area (Å²) in [4.78, 5) is 32.7. The second-order valence-corrected chi connectivity index (χ2v) is 3.96. The molecule has 0 aliphatic heterocycles. The molecule has 0 unspecified atom stereocenters. The Labute approximate surface area is 109 Å². The standard InChI is InChI=1S/C12H14N2O5/c1-2-4-10(12(16)17)13-11(15)8-5-3-6-9(7-8)14(18)19/h3,5-7,10H,2,4H2,1H3,(H,13,15)(H,16,17)/t10-/m1/s1. The Hall–Kier alpha value is -2.44. The minimum absolute atomic E-state index is 0.0663. The number of carbonyl (C=O) groups excluding carboxylic acids is 1. The topological polar surface area (TPSA) is 110 Å². The zero-order valence-corrected chi connectivity index (χ0v) is 10.3. The van der Waals surface area contributed by atoms with Crippen LogP contribution in [0.5, 0.6) is 0 Å². The highest BCUT2D eigenvalue weighted by atomic mass is 16.6. The average Bonchev–Trinajstić information content (AvgIpc) is 2.38. The van der Waals surface area contributed by atoms with Gasteiger partial charge in [0.25, 0.3) is 11.6 Å². The van der Waals surface area contributed by atoms with Crippen molar-refractivity contribution in [2.75, 3.05) is 0 Å². The molecule has 1 rings (SSSR count). The van der Waals surface area contributed by atoms with E-state index in [4.69, 9.17) is 5.11 Å². The highest BCUT2D eigenvalue weighted by Gasteiger charge is 2.20. The Bertz CT molecular complexity index is 501. The SMILES string of the molecule is CCC[C@@H](NC(=O)c1cccc([N+](=O)[O-])c1)C(=O)O. The number of nitro benzene ring substituents is 1. The smallest absolute Gasteiger partial charge is 0.326 e. The predicted molar refractivity (Wildman–Crippen MR) is 66.9 cm³/mol. The molecule has 0 aromatic heterocycles. The molecule has 0 fully saturated rings. The van der Waals surface area contributed by atoms with E-state index in [9.17, 15) is 19.7 Å². The molecule has 0 aliphatic rings. The fraction of sp³-hybridized carbons (Fsp3) is 0.333. The molecule has 0 spiro atoms. The number of nitrogens with zero attached hydrogens (tertiary/aromatic N) is 1. The summed E-state index contributed by atoms with van der Waals surface area (Å²) in [6, 6.07) is 4.16. The van der Waals surface area contributed by atoms with Crippen LogP contribution in [-0.2, 0) is 4.79 Å². The Kier molecular flexibility index (Phi) is 4.99. The Morgan fingerprint density at radius 2 is 2.16 bits per heavy atom. The molecule has 7 heteroatoms. The highest BCUT2D eigenvalue weighted by Crippen LogP contribution is 2.13. The number of nitrogens with one attached hydrogen (secondary N) is 1. The van der Waals surface area contributed by atoms with E-state index >= 15 is 0 Å². The molecule has 1 aromatic rings. The number of carbonyl (C=O) groups is 2. The fourth-order valence-electron chi connectivity index (χ4n) is 1.55. The van der Waals surface area contributed by atoms with Crippen LogP contribution in [0, 0.1) is 10.1 Å². The number of amides is 1. The molecule has 2 N–H and O–H groups in total.